The number of carboxylic acids is 1. The van der Waals surface area contributed by atoms with Crippen molar-refractivity contribution in [1.82, 2.24) is 9.97 Å². The Kier molecular flexibility index (Phi) is 4.03. The first-order valence-electron chi connectivity index (χ1n) is 4.91. The van der Waals surface area contributed by atoms with Gasteiger partial charge in [0, 0.05) is 17.8 Å². The summed E-state index contributed by atoms with van der Waals surface area (Å²) in [4.78, 5) is 18.5. The molecule has 1 aromatic heterocycles. The van der Waals surface area contributed by atoms with Gasteiger partial charge in [-0.2, -0.15) is 0 Å². The zero-order valence-electron chi connectivity index (χ0n) is 8.90. The fraction of sp³-hybridized carbons (Fsp3) is 0.500. The van der Waals surface area contributed by atoms with Crippen LogP contribution in [0.1, 0.15) is 26.0 Å². The van der Waals surface area contributed by atoms with Crippen molar-refractivity contribution in [1.29, 1.82) is 0 Å². The van der Waals surface area contributed by atoms with Gasteiger partial charge < -0.3 is 10.4 Å². The topological polar surface area (TPSA) is 75.1 Å². The lowest BCUT2D eigenvalue weighted by atomic mass is 10.2. The minimum atomic E-state index is -0.820. The predicted molar refractivity (Wildman–Crippen MR) is 56.7 cm³/mol. The number of carbonyl (C=O) groups is 1. The molecule has 5 heteroatoms. The maximum atomic E-state index is 10.5. The van der Waals surface area contributed by atoms with Crippen LogP contribution in [0.2, 0.25) is 0 Å². The Bertz CT molecular complexity index is 341. The van der Waals surface area contributed by atoms with Gasteiger partial charge in [-0.3, -0.25) is 4.79 Å². The molecule has 0 aliphatic rings. The largest absolute Gasteiger partial charge is 0.481 e. The molecule has 82 valence electrons. The van der Waals surface area contributed by atoms with Crippen LogP contribution in [0.15, 0.2) is 12.4 Å². The standard InChI is InChI=1S/C10H15N3O2/c1-3-8-5-9(12-6-11-8)13-7(2)4-10(14)15/h5-7H,3-4H2,1-2H3,(H,14,15)(H,11,12,13). The summed E-state index contributed by atoms with van der Waals surface area (Å²) in [5.74, 6) is -0.143. The van der Waals surface area contributed by atoms with Gasteiger partial charge in [-0.1, -0.05) is 6.92 Å². The van der Waals surface area contributed by atoms with Gasteiger partial charge in [-0.15, -0.1) is 0 Å². The molecule has 0 bridgehead atoms. The molecule has 0 amide bonds. The molecule has 1 aromatic rings. The maximum Gasteiger partial charge on any atom is 0.305 e. The molecule has 0 aliphatic carbocycles. The molecule has 0 fully saturated rings. The van der Waals surface area contributed by atoms with E-state index >= 15 is 0 Å². The van der Waals surface area contributed by atoms with Crippen LogP contribution < -0.4 is 5.32 Å². The molecule has 1 atom stereocenters. The third-order valence-corrected chi connectivity index (χ3v) is 1.96. The quantitative estimate of drug-likeness (QED) is 0.764. The molecule has 0 saturated heterocycles. The van der Waals surface area contributed by atoms with Crippen molar-refractivity contribution >= 4 is 11.8 Å². The third-order valence-electron chi connectivity index (χ3n) is 1.96. The van der Waals surface area contributed by atoms with Crippen LogP contribution in [0.3, 0.4) is 0 Å². The fourth-order valence-corrected chi connectivity index (χ4v) is 1.24. The van der Waals surface area contributed by atoms with Gasteiger partial charge in [-0.25, -0.2) is 9.97 Å². The summed E-state index contributed by atoms with van der Waals surface area (Å²) >= 11 is 0. The van der Waals surface area contributed by atoms with Crippen LogP contribution in [0.25, 0.3) is 0 Å². The summed E-state index contributed by atoms with van der Waals surface area (Å²) in [6.45, 7) is 3.81. The number of aliphatic carboxylic acids is 1. The summed E-state index contributed by atoms with van der Waals surface area (Å²) in [5.41, 5.74) is 0.940. The van der Waals surface area contributed by atoms with Crippen LogP contribution in [-0.4, -0.2) is 27.1 Å². The summed E-state index contributed by atoms with van der Waals surface area (Å²) in [6.07, 6.45) is 2.39. The van der Waals surface area contributed by atoms with E-state index in [0.717, 1.165) is 12.1 Å². The summed E-state index contributed by atoms with van der Waals surface area (Å²) in [7, 11) is 0. The molecule has 0 radical (unpaired) electrons. The lowest BCUT2D eigenvalue weighted by molar-refractivity contribution is -0.137. The highest BCUT2D eigenvalue weighted by Crippen LogP contribution is 2.07. The Morgan fingerprint density at radius 1 is 1.60 bits per heavy atom. The van der Waals surface area contributed by atoms with Crippen molar-refractivity contribution in [2.24, 2.45) is 0 Å². The van der Waals surface area contributed by atoms with E-state index in [9.17, 15) is 4.79 Å². The van der Waals surface area contributed by atoms with Crippen LogP contribution in [-0.2, 0) is 11.2 Å². The van der Waals surface area contributed by atoms with Crippen molar-refractivity contribution < 1.29 is 9.90 Å². The summed E-state index contributed by atoms with van der Waals surface area (Å²) < 4.78 is 0. The average Bonchev–Trinajstić information content (AvgIpc) is 2.16. The lowest BCUT2D eigenvalue weighted by Gasteiger charge is -2.12. The van der Waals surface area contributed by atoms with Gasteiger partial charge in [0.05, 0.1) is 6.42 Å². The molecular formula is C10H15N3O2. The molecule has 5 nitrogen and oxygen atoms in total. The Balaban J connectivity index is 2.59. The molecule has 1 heterocycles. The number of aryl methyl sites for hydroxylation is 1. The maximum absolute atomic E-state index is 10.5. The van der Waals surface area contributed by atoms with Crippen LogP contribution in [0, 0.1) is 0 Å². The van der Waals surface area contributed by atoms with E-state index in [4.69, 9.17) is 5.11 Å². The van der Waals surface area contributed by atoms with Crippen molar-refractivity contribution in [3.05, 3.63) is 18.1 Å². The number of hydrogen-bond acceptors (Lipinski definition) is 4. The molecular weight excluding hydrogens is 194 g/mol. The van der Waals surface area contributed by atoms with Gasteiger partial charge in [0.25, 0.3) is 0 Å². The summed E-state index contributed by atoms with van der Waals surface area (Å²) in [5, 5.41) is 11.6. The van der Waals surface area contributed by atoms with Crippen molar-refractivity contribution in [3.8, 4) is 0 Å². The molecule has 0 aromatic carbocycles. The van der Waals surface area contributed by atoms with Crippen molar-refractivity contribution in [2.75, 3.05) is 5.32 Å². The summed E-state index contributed by atoms with van der Waals surface area (Å²) in [6, 6.07) is 1.69. The second kappa shape index (κ2) is 5.29. The first-order valence-corrected chi connectivity index (χ1v) is 4.91. The van der Waals surface area contributed by atoms with Crippen LogP contribution >= 0.6 is 0 Å². The smallest absolute Gasteiger partial charge is 0.305 e. The number of nitrogens with zero attached hydrogens (tertiary/aromatic N) is 2. The number of hydrogen-bond donors (Lipinski definition) is 2. The molecule has 15 heavy (non-hydrogen) atoms. The number of rotatable bonds is 5. The first kappa shape index (κ1) is 11.4. The van der Waals surface area contributed by atoms with Gasteiger partial charge in [0.1, 0.15) is 12.1 Å². The molecule has 2 N–H and O–H groups in total. The van der Waals surface area contributed by atoms with E-state index in [1.807, 2.05) is 19.9 Å². The normalized spacial score (nSPS) is 12.1. The Morgan fingerprint density at radius 3 is 2.93 bits per heavy atom. The Labute approximate surface area is 88.6 Å². The molecule has 0 aliphatic heterocycles. The van der Waals surface area contributed by atoms with E-state index in [-0.39, 0.29) is 12.5 Å². The highest BCUT2D eigenvalue weighted by atomic mass is 16.4. The highest BCUT2D eigenvalue weighted by Gasteiger charge is 2.07. The molecule has 0 spiro atoms. The first-order chi connectivity index (χ1) is 7.11. The van der Waals surface area contributed by atoms with E-state index in [0.29, 0.717) is 5.82 Å². The Morgan fingerprint density at radius 2 is 2.33 bits per heavy atom. The number of anilines is 1. The van der Waals surface area contributed by atoms with Gasteiger partial charge in [0.15, 0.2) is 0 Å². The minimum absolute atomic E-state index is 0.0749. The van der Waals surface area contributed by atoms with Gasteiger partial charge >= 0.3 is 5.97 Å². The number of aromatic nitrogens is 2. The van der Waals surface area contributed by atoms with E-state index < -0.39 is 5.97 Å². The third kappa shape index (κ3) is 3.93. The number of nitrogens with one attached hydrogen (secondary N) is 1. The van der Waals surface area contributed by atoms with Gasteiger partial charge in [-0.05, 0) is 13.3 Å². The lowest BCUT2D eigenvalue weighted by Crippen LogP contribution is -2.20. The molecule has 1 unspecified atom stereocenters. The molecule has 1 rings (SSSR count). The SMILES string of the molecule is CCc1cc(NC(C)CC(=O)O)ncn1. The van der Waals surface area contributed by atoms with Crippen molar-refractivity contribution in [2.45, 2.75) is 32.7 Å². The van der Waals surface area contributed by atoms with E-state index in [1.165, 1.54) is 6.33 Å². The monoisotopic (exact) mass is 209 g/mol. The Hall–Kier alpha value is -1.65. The second-order valence-electron chi connectivity index (χ2n) is 3.39. The molecule has 0 saturated carbocycles. The van der Waals surface area contributed by atoms with Gasteiger partial charge in [0.2, 0.25) is 0 Å². The highest BCUT2D eigenvalue weighted by molar-refractivity contribution is 5.68. The average molecular weight is 209 g/mol. The predicted octanol–water partition coefficient (Wildman–Crippen LogP) is 1.31. The van der Waals surface area contributed by atoms with Crippen molar-refractivity contribution in [3.63, 3.8) is 0 Å². The zero-order chi connectivity index (χ0) is 11.3. The second-order valence-corrected chi connectivity index (χ2v) is 3.39. The van der Waals surface area contributed by atoms with Crippen LogP contribution in [0.5, 0.6) is 0 Å². The van der Waals surface area contributed by atoms with E-state index in [1.54, 1.807) is 0 Å². The fourth-order valence-electron chi connectivity index (χ4n) is 1.24. The minimum Gasteiger partial charge on any atom is -0.481 e. The van der Waals surface area contributed by atoms with E-state index in [2.05, 4.69) is 15.3 Å². The number of carboxylic acid groups (broad SMARTS) is 1. The zero-order valence-corrected chi connectivity index (χ0v) is 8.90. The van der Waals surface area contributed by atoms with Crippen LogP contribution in [0.4, 0.5) is 5.82 Å².